The normalized spacial score (nSPS) is 11.3. The number of aryl methyl sites for hydroxylation is 2. The maximum Gasteiger partial charge on any atom is 0.195 e. The van der Waals surface area contributed by atoms with E-state index < -0.39 is 0 Å². The zero-order valence-electron chi connectivity index (χ0n) is 11.2. The summed E-state index contributed by atoms with van der Waals surface area (Å²) < 4.78 is 7.64. The number of nitrogens with zero attached hydrogens (tertiary/aromatic N) is 3. The van der Waals surface area contributed by atoms with Crippen LogP contribution in [0.15, 0.2) is 23.1 Å². The first kappa shape index (κ1) is 12.8. The van der Waals surface area contributed by atoms with Gasteiger partial charge >= 0.3 is 0 Å². The van der Waals surface area contributed by atoms with E-state index in [0.29, 0.717) is 6.04 Å². The van der Waals surface area contributed by atoms with Gasteiger partial charge in [0.1, 0.15) is 5.69 Å². The second-order valence-corrected chi connectivity index (χ2v) is 4.72. The lowest BCUT2D eigenvalue weighted by Gasteiger charge is -2.05. The Morgan fingerprint density at radius 1 is 1.39 bits per heavy atom. The first-order valence-corrected chi connectivity index (χ1v) is 6.31. The van der Waals surface area contributed by atoms with E-state index in [1.54, 1.807) is 18.7 Å². The van der Waals surface area contributed by atoms with Crippen LogP contribution in [0.5, 0.6) is 0 Å². The van der Waals surface area contributed by atoms with Gasteiger partial charge in [0.05, 0.1) is 18.7 Å². The number of hydrogen-bond acceptors (Lipinski definition) is 4. The molecule has 0 bridgehead atoms. The Morgan fingerprint density at radius 3 is 2.89 bits per heavy atom. The Kier molecular flexibility index (Phi) is 4.15. The minimum Gasteiger partial charge on any atom is -0.439 e. The molecule has 0 unspecified atom stereocenters. The molecular weight excluding hydrogens is 228 g/mol. The number of oxazole rings is 1. The second kappa shape index (κ2) is 5.82. The summed E-state index contributed by atoms with van der Waals surface area (Å²) in [7, 11) is 1.94. The minimum absolute atomic E-state index is 0.527. The summed E-state index contributed by atoms with van der Waals surface area (Å²) in [5.41, 5.74) is 0.953. The van der Waals surface area contributed by atoms with Gasteiger partial charge in [0, 0.05) is 19.5 Å². The molecule has 2 aromatic rings. The molecule has 0 aliphatic heterocycles. The Labute approximate surface area is 107 Å². The topological polar surface area (TPSA) is 55.9 Å². The molecule has 18 heavy (non-hydrogen) atoms. The predicted molar refractivity (Wildman–Crippen MR) is 70.2 cm³/mol. The van der Waals surface area contributed by atoms with Crippen LogP contribution in [-0.4, -0.2) is 27.1 Å². The number of hydrogen-bond donors (Lipinski definition) is 1. The molecular formula is C13H20N4O. The smallest absolute Gasteiger partial charge is 0.195 e. The fraction of sp³-hybridized carbons (Fsp3) is 0.538. The highest BCUT2D eigenvalue weighted by Gasteiger charge is 2.09. The van der Waals surface area contributed by atoms with Gasteiger partial charge in [0.25, 0.3) is 0 Å². The molecule has 0 aromatic carbocycles. The predicted octanol–water partition coefficient (Wildman–Crippen LogP) is 2.01. The number of rotatable bonds is 6. The summed E-state index contributed by atoms with van der Waals surface area (Å²) in [6, 6.07) is 0.527. The molecule has 1 N–H and O–H groups in total. The largest absolute Gasteiger partial charge is 0.439 e. The van der Waals surface area contributed by atoms with Crippen molar-refractivity contribution in [3.8, 4) is 11.5 Å². The van der Waals surface area contributed by atoms with Crippen molar-refractivity contribution < 1.29 is 4.42 Å². The number of imidazole rings is 1. The van der Waals surface area contributed by atoms with Crippen molar-refractivity contribution in [1.29, 1.82) is 0 Å². The summed E-state index contributed by atoms with van der Waals surface area (Å²) in [6.45, 7) is 5.28. The SMILES string of the molecule is CC(C)NCCCc1ncc(-c2cncn2C)o1. The van der Waals surface area contributed by atoms with E-state index >= 15 is 0 Å². The summed E-state index contributed by atoms with van der Waals surface area (Å²) in [5.74, 6) is 1.57. The van der Waals surface area contributed by atoms with E-state index in [-0.39, 0.29) is 0 Å². The van der Waals surface area contributed by atoms with Crippen LogP contribution in [0.25, 0.3) is 11.5 Å². The molecule has 0 atom stereocenters. The average molecular weight is 248 g/mol. The van der Waals surface area contributed by atoms with Crippen molar-refractivity contribution in [2.75, 3.05) is 6.54 Å². The van der Waals surface area contributed by atoms with E-state index in [0.717, 1.165) is 36.7 Å². The average Bonchev–Trinajstić information content (AvgIpc) is 2.92. The molecule has 2 heterocycles. The third kappa shape index (κ3) is 3.20. The van der Waals surface area contributed by atoms with Crippen LogP contribution in [0.3, 0.4) is 0 Å². The van der Waals surface area contributed by atoms with Crippen LogP contribution in [-0.2, 0) is 13.5 Å². The van der Waals surface area contributed by atoms with E-state index in [4.69, 9.17) is 4.42 Å². The zero-order valence-corrected chi connectivity index (χ0v) is 11.2. The standard InChI is InChI=1S/C13H20N4O/c1-10(2)15-6-4-5-13-16-8-12(18-13)11-7-14-9-17(11)3/h7-10,15H,4-6H2,1-3H3. The molecule has 98 valence electrons. The fourth-order valence-electron chi connectivity index (χ4n) is 1.77. The lowest BCUT2D eigenvalue weighted by atomic mass is 10.3. The molecule has 0 aliphatic carbocycles. The van der Waals surface area contributed by atoms with E-state index in [1.165, 1.54) is 0 Å². The van der Waals surface area contributed by atoms with Crippen molar-refractivity contribution in [1.82, 2.24) is 19.9 Å². The van der Waals surface area contributed by atoms with Gasteiger partial charge in [-0.3, -0.25) is 0 Å². The first-order valence-electron chi connectivity index (χ1n) is 6.31. The van der Waals surface area contributed by atoms with Crippen molar-refractivity contribution >= 4 is 0 Å². The van der Waals surface area contributed by atoms with Gasteiger partial charge in [0.2, 0.25) is 0 Å². The third-order valence-corrected chi connectivity index (χ3v) is 2.74. The third-order valence-electron chi connectivity index (χ3n) is 2.74. The Bertz CT molecular complexity index is 487. The molecule has 2 aromatic heterocycles. The fourth-order valence-corrected chi connectivity index (χ4v) is 1.77. The van der Waals surface area contributed by atoms with Crippen LogP contribution in [0.4, 0.5) is 0 Å². The molecule has 5 nitrogen and oxygen atoms in total. The van der Waals surface area contributed by atoms with Gasteiger partial charge in [-0.05, 0) is 13.0 Å². The van der Waals surface area contributed by atoms with Crippen molar-refractivity contribution in [3.05, 3.63) is 24.6 Å². The molecule has 0 saturated carbocycles. The Morgan fingerprint density at radius 2 is 2.22 bits per heavy atom. The second-order valence-electron chi connectivity index (χ2n) is 4.72. The maximum atomic E-state index is 5.72. The summed E-state index contributed by atoms with van der Waals surface area (Å²) in [5, 5.41) is 3.38. The van der Waals surface area contributed by atoms with Crippen molar-refractivity contribution in [3.63, 3.8) is 0 Å². The minimum atomic E-state index is 0.527. The maximum absolute atomic E-state index is 5.72. The number of aromatic nitrogens is 3. The van der Waals surface area contributed by atoms with Gasteiger partial charge in [-0.25, -0.2) is 9.97 Å². The van der Waals surface area contributed by atoms with Crippen LogP contribution < -0.4 is 5.32 Å². The molecule has 0 aliphatic rings. The quantitative estimate of drug-likeness (QED) is 0.794. The lowest BCUT2D eigenvalue weighted by Crippen LogP contribution is -2.23. The van der Waals surface area contributed by atoms with Gasteiger partial charge < -0.3 is 14.3 Å². The highest BCUT2D eigenvalue weighted by molar-refractivity contribution is 5.49. The monoisotopic (exact) mass is 248 g/mol. The van der Waals surface area contributed by atoms with Crippen LogP contribution in [0, 0.1) is 0 Å². The van der Waals surface area contributed by atoms with Crippen molar-refractivity contribution in [2.45, 2.75) is 32.7 Å². The highest BCUT2D eigenvalue weighted by Crippen LogP contribution is 2.19. The van der Waals surface area contributed by atoms with Crippen LogP contribution in [0.2, 0.25) is 0 Å². The lowest BCUT2D eigenvalue weighted by molar-refractivity contribution is 0.482. The first-order chi connectivity index (χ1) is 8.66. The Hall–Kier alpha value is -1.62. The summed E-state index contributed by atoms with van der Waals surface area (Å²) >= 11 is 0. The molecule has 0 amide bonds. The van der Waals surface area contributed by atoms with Crippen molar-refractivity contribution in [2.24, 2.45) is 7.05 Å². The highest BCUT2D eigenvalue weighted by atomic mass is 16.4. The van der Waals surface area contributed by atoms with Gasteiger partial charge in [-0.15, -0.1) is 0 Å². The van der Waals surface area contributed by atoms with E-state index in [9.17, 15) is 0 Å². The number of nitrogens with one attached hydrogen (secondary N) is 1. The van der Waals surface area contributed by atoms with E-state index in [2.05, 4.69) is 29.1 Å². The van der Waals surface area contributed by atoms with E-state index in [1.807, 2.05) is 11.6 Å². The summed E-state index contributed by atoms with van der Waals surface area (Å²) in [6.07, 6.45) is 7.19. The molecule has 0 saturated heterocycles. The Balaban J connectivity index is 1.89. The van der Waals surface area contributed by atoms with Gasteiger partial charge in [-0.2, -0.15) is 0 Å². The van der Waals surface area contributed by atoms with Crippen LogP contribution >= 0.6 is 0 Å². The molecule has 0 spiro atoms. The molecule has 2 rings (SSSR count). The zero-order chi connectivity index (χ0) is 13.0. The van der Waals surface area contributed by atoms with Gasteiger partial charge in [-0.1, -0.05) is 13.8 Å². The van der Waals surface area contributed by atoms with Gasteiger partial charge in [0.15, 0.2) is 11.7 Å². The summed E-state index contributed by atoms with van der Waals surface area (Å²) in [4.78, 5) is 8.36. The molecule has 0 radical (unpaired) electrons. The molecule has 5 heteroatoms. The van der Waals surface area contributed by atoms with Crippen LogP contribution in [0.1, 0.15) is 26.2 Å². The molecule has 0 fully saturated rings.